The summed E-state index contributed by atoms with van der Waals surface area (Å²) in [7, 11) is 0. The van der Waals surface area contributed by atoms with Crippen LogP contribution in [0.3, 0.4) is 0 Å². The lowest BCUT2D eigenvalue weighted by atomic mass is 10.2. The number of hydrogen-bond donors (Lipinski definition) is 2. The van der Waals surface area contributed by atoms with E-state index in [1.165, 1.54) is 0 Å². The van der Waals surface area contributed by atoms with E-state index in [9.17, 15) is 9.59 Å². The molecule has 1 amide bonds. The number of ether oxygens (including phenoxy) is 2. The monoisotopic (exact) mass is 455 g/mol. The van der Waals surface area contributed by atoms with Gasteiger partial charge in [-0.25, -0.2) is 0 Å². The molecule has 0 saturated carbocycles. The van der Waals surface area contributed by atoms with Crippen LogP contribution in [-0.2, 0) is 0 Å². The van der Waals surface area contributed by atoms with Crippen LogP contribution in [0, 0.1) is 10.9 Å². The molecule has 0 aliphatic heterocycles. The Balaban J connectivity index is 1.92. The number of nitrogens with one attached hydrogen (secondary N) is 2. The standard InChI is InChI=1S/C22H21N3O4S2/c1-4-28-16-10-13-15(11-17(16)29-5-2)25-19(24-20(13)26)18(31-22(25)30)21(27)23-14-9-7-6-8-12(14)3/h6-11H,4-5H2,1-3H3,(H,23,27)(H,24,26). The van der Waals surface area contributed by atoms with Crippen molar-refractivity contribution in [3.8, 4) is 11.5 Å². The van der Waals surface area contributed by atoms with Crippen LogP contribution in [0.25, 0.3) is 16.6 Å². The van der Waals surface area contributed by atoms with Crippen molar-refractivity contribution < 1.29 is 14.3 Å². The molecule has 0 unspecified atom stereocenters. The molecular weight excluding hydrogens is 434 g/mol. The van der Waals surface area contributed by atoms with Crippen LogP contribution in [-0.4, -0.2) is 28.5 Å². The number of rotatable bonds is 6. The molecule has 0 aliphatic carbocycles. The van der Waals surface area contributed by atoms with Crippen molar-refractivity contribution in [2.75, 3.05) is 18.5 Å². The van der Waals surface area contributed by atoms with Gasteiger partial charge < -0.3 is 19.8 Å². The van der Waals surface area contributed by atoms with Gasteiger partial charge in [-0.2, -0.15) is 0 Å². The Morgan fingerprint density at radius 3 is 2.52 bits per heavy atom. The molecule has 9 heteroatoms. The summed E-state index contributed by atoms with van der Waals surface area (Å²) in [6.07, 6.45) is 0. The van der Waals surface area contributed by atoms with Gasteiger partial charge in [0.25, 0.3) is 11.5 Å². The number of fused-ring (bicyclic) bond motifs is 3. The number of H-pyrrole nitrogens is 1. The third kappa shape index (κ3) is 3.82. The van der Waals surface area contributed by atoms with Crippen molar-refractivity contribution in [2.45, 2.75) is 20.8 Å². The van der Waals surface area contributed by atoms with Gasteiger partial charge >= 0.3 is 0 Å². The predicted molar refractivity (Wildman–Crippen MR) is 126 cm³/mol. The molecule has 2 aromatic heterocycles. The summed E-state index contributed by atoms with van der Waals surface area (Å²) in [5, 5.41) is 3.30. The van der Waals surface area contributed by atoms with E-state index in [1.807, 2.05) is 45.0 Å². The first kappa shape index (κ1) is 21.1. The Kier molecular flexibility index (Phi) is 5.79. The second kappa shape index (κ2) is 8.52. The quantitative estimate of drug-likeness (QED) is 0.403. The number of aromatic nitrogens is 2. The summed E-state index contributed by atoms with van der Waals surface area (Å²) >= 11 is 6.70. The minimum absolute atomic E-state index is 0.332. The average Bonchev–Trinajstić information content (AvgIpc) is 3.07. The molecule has 2 N–H and O–H groups in total. The molecule has 0 spiro atoms. The minimum Gasteiger partial charge on any atom is -0.490 e. The highest BCUT2D eigenvalue weighted by Crippen LogP contribution is 2.33. The fourth-order valence-corrected chi connectivity index (χ4v) is 4.66. The number of benzene rings is 2. The Morgan fingerprint density at radius 1 is 1.16 bits per heavy atom. The van der Waals surface area contributed by atoms with E-state index in [0.29, 0.717) is 55.8 Å². The van der Waals surface area contributed by atoms with Crippen LogP contribution in [0.5, 0.6) is 11.5 Å². The molecule has 4 rings (SSSR count). The summed E-state index contributed by atoms with van der Waals surface area (Å²) in [5.74, 6) is 0.669. The zero-order valence-electron chi connectivity index (χ0n) is 17.3. The van der Waals surface area contributed by atoms with E-state index in [1.54, 1.807) is 16.5 Å². The number of thiazole rings is 1. The molecule has 31 heavy (non-hydrogen) atoms. The molecule has 0 saturated heterocycles. The molecule has 4 aromatic rings. The van der Waals surface area contributed by atoms with Gasteiger partial charge in [0.05, 0.1) is 24.1 Å². The van der Waals surface area contributed by atoms with Crippen molar-refractivity contribution in [1.82, 2.24) is 9.38 Å². The highest BCUT2D eigenvalue weighted by Gasteiger charge is 2.20. The highest BCUT2D eigenvalue weighted by molar-refractivity contribution is 7.73. The van der Waals surface area contributed by atoms with E-state index in [-0.39, 0.29) is 11.5 Å². The maximum Gasteiger partial charge on any atom is 0.269 e. The molecule has 0 atom stereocenters. The van der Waals surface area contributed by atoms with Crippen LogP contribution in [0.1, 0.15) is 29.1 Å². The van der Waals surface area contributed by atoms with Crippen LogP contribution in [0.15, 0.2) is 41.2 Å². The first-order chi connectivity index (χ1) is 14.9. The largest absolute Gasteiger partial charge is 0.490 e. The number of para-hydroxylation sites is 1. The zero-order valence-corrected chi connectivity index (χ0v) is 18.9. The van der Waals surface area contributed by atoms with Gasteiger partial charge in [0.1, 0.15) is 10.5 Å². The summed E-state index contributed by atoms with van der Waals surface area (Å²) < 4.78 is 13.5. The number of amides is 1. The Morgan fingerprint density at radius 2 is 1.84 bits per heavy atom. The molecule has 2 aromatic carbocycles. The molecule has 2 heterocycles. The summed E-state index contributed by atoms with van der Waals surface area (Å²) in [6, 6.07) is 10.9. The van der Waals surface area contributed by atoms with Crippen molar-refractivity contribution in [3.63, 3.8) is 0 Å². The van der Waals surface area contributed by atoms with E-state index < -0.39 is 0 Å². The van der Waals surface area contributed by atoms with Crippen molar-refractivity contribution in [2.24, 2.45) is 0 Å². The molecule has 0 fully saturated rings. The highest BCUT2D eigenvalue weighted by atomic mass is 32.1. The normalized spacial score (nSPS) is 11.1. The fourth-order valence-electron chi connectivity index (χ4n) is 3.38. The second-order valence-electron chi connectivity index (χ2n) is 6.79. The van der Waals surface area contributed by atoms with Crippen LogP contribution in [0.4, 0.5) is 5.69 Å². The molecular formula is C22H21N3O4S2. The average molecular weight is 456 g/mol. The summed E-state index contributed by atoms with van der Waals surface area (Å²) in [6.45, 7) is 6.53. The van der Waals surface area contributed by atoms with Crippen molar-refractivity contribution in [3.05, 3.63) is 61.1 Å². The van der Waals surface area contributed by atoms with E-state index >= 15 is 0 Å². The topological polar surface area (TPSA) is 84.8 Å². The van der Waals surface area contributed by atoms with Crippen LogP contribution in [0.2, 0.25) is 0 Å². The van der Waals surface area contributed by atoms with Gasteiger partial charge in [-0.3, -0.25) is 14.0 Å². The van der Waals surface area contributed by atoms with E-state index in [4.69, 9.17) is 21.7 Å². The molecule has 0 radical (unpaired) electrons. The summed E-state index contributed by atoms with van der Waals surface area (Å²) in [5.41, 5.74) is 2.21. The third-order valence-corrected chi connectivity index (χ3v) is 6.16. The molecule has 0 aliphatic rings. The number of aryl methyl sites for hydroxylation is 1. The van der Waals surface area contributed by atoms with Crippen LogP contribution >= 0.6 is 23.6 Å². The van der Waals surface area contributed by atoms with Crippen LogP contribution < -0.4 is 20.3 Å². The molecule has 160 valence electrons. The number of carbonyl (C=O) groups excluding carboxylic acids is 1. The number of nitrogens with zero attached hydrogens (tertiary/aromatic N) is 1. The number of anilines is 1. The maximum absolute atomic E-state index is 13.0. The van der Waals surface area contributed by atoms with E-state index in [2.05, 4.69) is 10.3 Å². The number of aromatic amines is 1. The van der Waals surface area contributed by atoms with Crippen molar-refractivity contribution >= 4 is 51.7 Å². The van der Waals surface area contributed by atoms with Gasteiger partial charge in [0.15, 0.2) is 15.5 Å². The lowest BCUT2D eigenvalue weighted by Crippen LogP contribution is -2.15. The molecule has 0 bridgehead atoms. The Bertz CT molecular complexity index is 1420. The molecule has 7 nitrogen and oxygen atoms in total. The van der Waals surface area contributed by atoms with Gasteiger partial charge in [0, 0.05) is 11.8 Å². The fraction of sp³-hybridized carbons (Fsp3) is 0.227. The van der Waals surface area contributed by atoms with Gasteiger partial charge in [-0.1, -0.05) is 29.5 Å². The predicted octanol–water partition coefficient (Wildman–Crippen LogP) is 4.93. The summed E-state index contributed by atoms with van der Waals surface area (Å²) in [4.78, 5) is 29.1. The van der Waals surface area contributed by atoms with Gasteiger partial charge in [-0.05, 0) is 50.7 Å². The number of hydrogen-bond acceptors (Lipinski definition) is 6. The van der Waals surface area contributed by atoms with Crippen molar-refractivity contribution in [1.29, 1.82) is 0 Å². The Hall–Kier alpha value is -3.17. The lowest BCUT2D eigenvalue weighted by molar-refractivity contribution is 0.103. The minimum atomic E-state index is -0.336. The smallest absolute Gasteiger partial charge is 0.269 e. The lowest BCUT2D eigenvalue weighted by Gasteiger charge is -2.13. The van der Waals surface area contributed by atoms with Gasteiger partial charge in [0.2, 0.25) is 0 Å². The van der Waals surface area contributed by atoms with E-state index in [0.717, 1.165) is 16.9 Å². The zero-order chi connectivity index (χ0) is 22.1. The number of carbonyl (C=O) groups is 1. The van der Waals surface area contributed by atoms with Gasteiger partial charge in [-0.15, -0.1) is 0 Å². The second-order valence-corrected chi connectivity index (χ2v) is 8.43. The maximum atomic E-state index is 13.0. The Labute approximate surface area is 187 Å². The first-order valence-electron chi connectivity index (χ1n) is 9.82. The SMILES string of the molecule is CCOc1cc2c(=O)[nH]c3c(C(=O)Nc4ccccc4C)sc(=S)n3c2cc1OCC. The third-order valence-electron chi connectivity index (χ3n) is 4.79. The first-order valence-corrected chi connectivity index (χ1v) is 11.0.